The van der Waals surface area contributed by atoms with Crippen LogP contribution in [-0.2, 0) is 13.1 Å². The molecule has 0 unspecified atom stereocenters. The molecule has 28 heavy (non-hydrogen) atoms. The largest absolute Gasteiger partial charge is 0.340 e. The number of benzene rings is 2. The Morgan fingerprint density at radius 1 is 1.29 bits per heavy atom. The molecule has 0 radical (unpaired) electrons. The van der Waals surface area contributed by atoms with Crippen molar-refractivity contribution in [3.63, 3.8) is 0 Å². The van der Waals surface area contributed by atoms with Crippen LogP contribution in [0.5, 0.6) is 0 Å². The van der Waals surface area contributed by atoms with Crippen LogP contribution in [0, 0.1) is 21.7 Å². The molecule has 0 bridgehead atoms. The molecular formula is C18H12BrF2N5O2. The van der Waals surface area contributed by atoms with Crippen LogP contribution in [0.1, 0.15) is 17.0 Å². The maximum atomic E-state index is 14.0. The summed E-state index contributed by atoms with van der Waals surface area (Å²) in [5, 5.41) is 17.1. The van der Waals surface area contributed by atoms with E-state index in [4.69, 9.17) is 0 Å². The van der Waals surface area contributed by atoms with E-state index in [-0.39, 0.29) is 17.1 Å². The van der Waals surface area contributed by atoms with Gasteiger partial charge < -0.3 is 4.98 Å². The van der Waals surface area contributed by atoms with Crippen LogP contribution in [0.25, 0.3) is 11.4 Å². The Hall–Kier alpha value is -3.14. The first-order valence-electron chi connectivity index (χ1n) is 8.17. The Kier molecular flexibility index (Phi) is 4.63. The van der Waals surface area contributed by atoms with Gasteiger partial charge in [-0.25, -0.2) is 13.8 Å². The monoisotopic (exact) mass is 447 g/mol. The Bertz CT molecular complexity index is 1120. The summed E-state index contributed by atoms with van der Waals surface area (Å²) >= 11 is 3.16. The first-order chi connectivity index (χ1) is 13.4. The van der Waals surface area contributed by atoms with Crippen molar-refractivity contribution in [3.8, 4) is 11.4 Å². The number of nitrogens with zero attached hydrogens (tertiary/aromatic N) is 4. The molecule has 10 heteroatoms. The molecule has 0 saturated heterocycles. The van der Waals surface area contributed by atoms with Crippen molar-refractivity contribution in [1.82, 2.24) is 15.0 Å². The number of aromatic amines is 1. The number of imidazole rings is 1. The van der Waals surface area contributed by atoms with Crippen LogP contribution >= 0.6 is 15.9 Å². The maximum Gasteiger partial charge on any atom is 0.283 e. The van der Waals surface area contributed by atoms with Gasteiger partial charge in [-0.15, -0.1) is 0 Å². The zero-order valence-corrected chi connectivity index (χ0v) is 15.8. The van der Waals surface area contributed by atoms with Crippen LogP contribution in [0.4, 0.5) is 14.5 Å². The van der Waals surface area contributed by atoms with Crippen molar-refractivity contribution in [2.24, 2.45) is 5.10 Å². The average molecular weight is 448 g/mol. The van der Waals surface area contributed by atoms with Crippen LogP contribution < -0.4 is 0 Å². The van der Waals surface area contributed by atoms with Crippen molar-refractivity contribution >= 4 is 27.8 Å². The van der Waals surface area contributed by atoms with Crippen LogP contribution in [0.3, 0.4) is 0 Å². The molecule has 1 aromatic heterocycles. The highest BCUT2D eigenvalue weighted by Crippen LogP contribution is 2.28. The Morgan fingerprint density at radius 2 is 2.11 bits per heavy atom. The molecule has 0 atom stereocenters. The second kappa shape index (κ2) is 7.12. The number of aromatic nitrogens is 2. The Balaban J connectivity index is 1.56. The SMILES string of the molecule is O=[N+]([O-])c1cc(CN2Cc3[nH]c(-c4cccc(F)c4F)nc3C=N2)ccc1Br. The van der Waals surface area contributed by atoms with E-state index >= 15 is 0 Å². The summed E-state index contributed by atoms with van der Waals surface area (Å²) in [6.45, 7) is 0.687. The molecule has 0 fully saturated rings. The molecule has 2 aromatic carbocycles. The van der Waals surface area contributed by atoms with Gasteiger partial charge in [0, 0.05) is 6.07 Å². The van der Waals surface area contributed by atoms with Crippen LogP contribution in [0.2, 0.25) is 0 Å². The van der Waals surface area contributed by atoms with Gasteiger partial charge in [-0.2, -0.15) is 5.10 Å². The van der Waals surface area contributed by atoms with Gasteiger partial charge in [-0.05, 0) is 39.7 Å². The number of rotatable bonds is 4. The summed E-state index contributed by atoms with van der Waals surface area (Å²) in [6.07, 6.45) is 1.52. The molecule has 7 nitrogen and oxygen atoms in total. The molecule has 0 spiro atoms. The van der Waals surface area contributed by atoms with E-state index in [0.717, 1.165) is 6.07 Å². The zero-order chi connectivity index (χ0) is 19.8. The number of nitro groups is 1. The minimum Gasteiger partial charge on any atom is -0.340 e. The predicted octanol–water partition coefficient (Wildman–Crippen LogP) is 4.38. The first-order valence-corrected chi connectivity index (χ1v) is 8.96. The lowest BCUT2D eigenvalue weighted by atomic mass is 10.2. The lowest BCUT2D eigenvalue weighted by Crippen LogP contribution is -2.21. The predicted molar refractivity (Wildman–Crippen MR) is 102 cm³/mol. The molecule has 0 saturated carbocycles. The molecule has 3 aromatic rings. The molecule has 1 aliphatic heterocycles. The van der Waals surface area contributed by atoms with E-state index in [1.807, 2.05) is 0 Å². The lowest BCUT2D eigenvalue weighted by Gasteiger charge is -2.21. The van der Waals surface area contributed by atoms with Gasteiger partial charge >= 0.3 is 0 Å². The third-order valence-corrected chi connectivity index (χ3v) is 4.94. The summed E-state index contributed by atoms with van der Waals surface area (Å²) in [5.41, 5.74) is 1.96. The van der Waals surface area contributed by atoms with Crippen LogP contribution in [0.15, 0.2) is 46.0 Å². The molecule has 0 aliphatic carbocycles. The van der Waals surface area contributed by atoms with Gasteiger partial charge in [-0.1, -0.05) is 12.1 Å². The summed E-state index contributed by atoms with van der Waals surface area (Å²) in [6, 6.07) is 8.77. The Morgan fingerprint density at radius 3 is 2.89 bits per heavy atom. The highest BCUT2D eigenvalue weighted by molar-refractivity contribution is 9.10. The third-order valence-electron chi connectivity index (χ3n) is 4.27. The molecule has 4 rings (SSSR count). The van der Waals surface area contributed by atoms with Gasteiger partial charge in [0.1, 0.15) is 11.5 Å². The minimum atomic E-state index is -0.968. The van der Waals surface area contributed by atoms with Crippen molar-refractivity contribution in [1.29, 1.82) is 0 Å². The molecular weight excluding hydrogens is 436 g/mol. The highest BCUT2D eigenvalue weighted by Gasteiger charge is 2.21. The number of fused-ring (bicyclic) bond motifs is 1. The highest BCUT2D eigenvalue weighted by atomic mass is 79.9. The summed E-state index contributed by atoms with van der Waals surface area (Å²) < 4.78 is 27.9. The quantitative estimate of drug-likeness (QED) is 0.474. The first kappa shape index (κ1) is 18.2. The number of nitrogens with one attached hydrogen (secondary N) is 1. The smallest absolute Gasteiger partial charge is 0.283 e. The fourth-order valence-corrected chi connectivity index (χ4v) is 3.32. The number of nitro benzene ring substituents is 1. The minimum absolute atomic E-state index is 0.0235. The lowest BCUT2D eigenvalue weighted by molar-refractivity contribution is -0.385. The van der Waals surface area contributed by atoms with Crippen molar-refractivity contribution in [2.45, 2.75) is 13.1 Å². The molecule has 1 aliphatic rings. The molecule has 2 heterocycles. The normalized spacial score (nSPS) is 12.9. The Labute approximate surface area is 166 Å². The summed E-state index contributed by atoms with van der Waals surface area (Å²) in [4.78, 5) is 17.9. The van der Waals surface area contributed by atoms with Crippen molar-refractivity contribution in [2.75, 3.05) is 0 Å². The van der Waals surface area contributed by atoms with E-state index in [0.29, 0.717) is 34.5 Å². The number of halogens is 3. The molecule has 0 amide bonds. The van der Waals surface area contributed by atoms with E-state index in [1.165, 1.54) is 24.4 Å². The topological polar surface area (TPSA) is 87.4 Å². The third kappa shape index (κ3) is 3.38. The van der Waals surface area contributed by atoms with E-state index < -0.39 is 16.6 Å². The van der Waals surface area contributed by atoms with Gasteiger partial charge in [0.05, 0.1) is 40.0 Å². The number of hydrogen-bond acceptors (Lipinski definition) is 5. The molecule has 142 valence electrons. The fourth-order valence-electron chi connectivity index (χ4n) is 2.93. The second-order valence-corrected chi connectivity index (χ2v) is 7.02. The van der Waals surface area contributed by atoms with E-state index in [1.54, 1.807) is 17.1 Å². The van der Waals surface area contributed by atoms with Gasteiger partial charge in [-0.3, -0.25) is 15.1 Å². The standard InChI is InChI=1S/C18H12BrF2N5O2/c19-12-5-4-10(6-16(12)26(27)28)8-25-9-15-14(7-22-25)23-18(24-15)11-2-1-3-13(20)17(11)21/h1-7H,8-9H2,(H,23,24). The van der Waals surface area contributed by atoms with Crippen molar-refractivity contribution in [3.05, 3.63) is 79.6 Å². The second-order valence-electron chi connectivity index (χ2n) is 6.16. The summed E-state index contributed by atoms with van der Waals surface area (Å²) in [5.74, 6) is -1.70. The fraction of sp³-hybridized carbons (Fsp3) is 0.111. The van der Waals surface area contributed by atoms with Gasteiger partial charge in [0.2, 0.25) is 0 Å². The van der Waals surface area contributed by atoms with E-state index in [9.17, 15) is 18.9 Å². The number of H-pyrrole nitrogens is 1. The van der Waals surface area contributed by atoms with Gasteiger partial charge in [0.15, 0.2) is 11.6 Å². The van der Waals surface area contributed by atoms with Crippen molar-refractivity contribution < 1.29 is 13.7 Å². The molecule has 1 N–H and O–H groups in total. The zero-order valence-electron chi connectivity index (χ0n) is 14.2. The van der Waals surface area contributed by atoms with Gasteiger partial charge in [0.25, 0.3) is 5.69 Å². The van der Waals surface area contributed by atoms with E-state index in [2.05, 4.69) is 31.0 Å². The average Bonchev–Trinajstić information content (AvgIpc) is 3.08. The maximum absolute atomic E-state index is 14.0. The number of hydrazone groups is 1. The summed E-state index contributed by atoms with van der Waals surface area (Å²) in [7, 11) is 0. The number of hydrogen-bond donors (Lipinski definition) is 1. The van der Waals surface area contributed by atoms with Crippen LogP contribution in [-0.4, -0.2) is 26.1 Å².